The minimum absolute atomic E-state index is 0.564. The molecule has 1 N–H and O–H groups in total. The fourth-order valence-electron chi connectivity index (χ4n) is 2.60. The average molecular weight is 257 g/mol. The highest BCUT2D eigenvalue weighted by Gasteiger charge is 2.20. The summed E-state index contributed by atoms with van der Waals surface area (Å²) in [6.45, 7) is 4.83. The molecule has 0 spiro atoms. The maximum atomic E-state index is 5.47. The topological polar surface area (TPSA) is 39.1 Å². The summed E-state index contributed by atoms with van der Waals surface area (Å²) in [5.74, 6) is 1.48. The van der Waals surface area contributed by atoms with Crippen LogP contribution in [0.1, 0.15) is 25.0 Å². The van der Waals surface area contributed by atoms with Crippen LogP contribution >= 0.6 is 0 Å². The third-order valence-corrected chi connectivity index (χ3v) is 3.57. The Bertz CT molecular complexity index is 527. The molecule has 3 rings (SSSR count). The van der Waals surface area contributed by atoms with Gasteiger partial charge in [-0.05, 0) is 44.2 Å². The molecule has 1 atom stereocenters. The van der Waals surface area contributed by atoms with Crippen LogP contribution in [0.25, 0.3) is 5.69 Å². The number of hydrogen-bond acceptors (Lipinski definition) is 3. The lowest BCUT2D eigenvalue weighted by atomic mass is 10.1. The molecule has 4 nitrogen and oxygen atoms in total. The quantitative estimate of drug-likeness (QED) is 0.913. The van der Waals surface area contributed by atoms with Crippen molar-refractivity contribution >= 4 is 0 Å². The van der Waals surface area contributed by atoms with Crippen molar-refractivity contribution in [3.8, 4) is 11.4 Å². The first-order chi connectivity index (χ1) is 9.38. The summed E-state index contributed by atoms with van der Waals surface area (Å²) < 4.78 is 7.65. The number of benzene rings is 1. The van der Waals surface area contributed by atoms with Crippen molar-refractivity contribution in [2.24, 2.45) is 0 Å². The lowest BCUT2D eigenvalue weighted by Gasteiger charge is -2.13. The van der Waals surface area contributed by atoms with Crippen LogP contribution in [0.5, 0.6) is 5.75 Å². The summed E-state index contributed by atoms with van der Waals surface area (Å²) in [5, 5.41) is 3.40. The van der Waals surface area contributed by atoms with Crippen LogP contribution in [-0.2, 0) is 0 Å². The van der Waals surface area contributed by atoms with Crippen molar-refractivity contribution in [1.29, 1.82) is 0 Å². The second kappa shape index (κ2) is 5.45. The van der Waals surface area contributed by atoms with Crippen molar-refractivity contribution in [1.82, 2.24) is 14.9 Å². The number of nitrogens with one attached hydrogen (secondary N) is 1. The Morgan fingerprint density at radius 3 is 2.89 bits per heavy atom. The molecule has 2 aromatic rings. The van der Waals surface area contributed by atoms with Crippen molar-refractivity contribution in [3.63, 3.8) is 0 Å². The second-order valence-corrected chi connectivity index (χ2v) is 4.81. The minimum Gasteiger partial charge on any atom is -0.494 e. The van der Waals surface area contributed by atoms with Gasteiger partial charge in [-0.3, -0.25) is 0 Å². The summed E-state index contributed by atoms with van der Waals surface area (Å²) in [6, 6.07) is 8.18. The minimum atomic E-state index is 0.564. The van der Waals surface area contributed by atoms with E-state index in [0.717, 1.165) is 24.5 Å². The fraction of sp³-hybridized carbons (Fsp3) is 0.400. The van der Waals surface area contributed by atoms with E-state index >= 15 is 0 Å². The highest BCUT2D eigenvalue weighted by atomic mass is 16.5. The van der Waals surface area contributed by atoms with Gasteiger partial charge in [0.15, 0.2) is 0 Å². The van der Waals surface area contributed by atoms with Crippen LogP contribution in [0.4, 0.5) is 0 Å². The van der Waals surface area contributed by atoms with E-state index in [0.29, 0.717) is 12.5 Å². The first-order valence-electron chi connectivity index (χ1n) is 6.84. The maximum absolute atomic E-state index is 5.47. The van der Waals surface area contributed by atoms with Crippen LogP contribution in [-0.4, -0.2) is 29.2 Å². The van der Waals surface area contributed by atoms with E-state index < -0.39 is 0 Å². The van der Waals surface area contributed by atoms with Crippen LogP contribution in [0.2, 0.25) is 0 Å². The number of aromatic nitrogens is 2. The fourth-order valence-corrected chi connectivity index (χ4v) is 2.60. The Kier molecular flexibility index (Phi) is 3.51. The highest BCUT2D eigenvalue weighted by molar-refractivity contribution is 5.39. The number of nitrogens with zero attached hydrogens (tertiary/aromatic N) is 2. The first kappa shape index (κ1) is 12.2. The monoisotopic (exact) mass is 257 g/mol. The molecule has 1 fully saturated rings. The molecule has 1 saturated heterocycles. The molecule has 0 radical (unpaired) electrons. The van der Waals surface area contributed by atoms with Crippen LogP contribution in [0.3, 0.4) is 0 Å². The molecule has 100 valence electrons. The molecule has 1 aromatic heterocycles. The third kappa shape index (κ3) is 2.49. The first-order valence-corrected chi connectivity index (χ1v) is 6.84. The summed E-state index contributed by atoms with van der Waals surface area (Å²) in [5.41, 5.74) is 2.43. The summed E-state index contributed by atoms with van der Waals surface area (Å²) in [6.07, 6.45) is 5.06. The van der Waals surface area contributed by atoms with E-state index in [9.17, 15) is 0 Å². The summed E-state index contributed by atoms with van der Waals surface area (Å²) in [4.78, 5) is 4.31. The molecule has 0 saturated carbocycles. The third-order valence-electron chi connectivity index (χ3n) is 3.57. The molecule has 1 aliphatic heterocycles. The molecule has 1 aromatic carbocycles. The van der Waals surface area contributed by atoms with Gasteiger partial charge in [0.05, 0.1) is 12.9 Å². The second-order valence-electron chi connectivity index (χ2n) is 4.81. The van der Waals surface area contributed by atoms with E-state index in [1.54, 1.807) is 0 Å². The number of rotatable bonds is 4. The van der Waals surface area contributed by atoms with Crippen LogP contribution < -0.4 is 10.1 Å². The van der Waals surface area contributed by atoms with E-state index in [-0.39, 0.29) is 0 Å². The lowest BCUT2D eigenvalue weighted by Crippen LogP contribution is -2.10. The molecular formula is C15H19N3O. The maximum Gasteiger partial charge on any atom is 0.119 e. The lowest BCUT2D eigenvalue weighted by molar-refractivity contribution is 0.340. The van der Waals surface area contributed by atoms with Gasteiger partial charge in [-0.15, -0.1) is 0 Å². The zero-order chi connectivity index (χ0) is 13.1. The smallest absolute Gasteiger partial charge is 0.119 e. The average Bonchev–Trinajstić information content (AvgIpc) is 3.11. The Balaban J connectivity index is 1.87. The molecule has 2 heterocycles. The van der Waals surface area contributed by atoms with Crippen molar-refractivity contribution in [2.75, 3.05) is 19.7 Å². The van der Waals surface area contributed by atoms with Crippen molar-refractivity contribution < 1.29 is 4.74 Å². The molecule has 0 bridgehead atoms. The van der Waals surface area contributed by atoms with Gasteiger partial charge in [0.2, 0.25) is 0 Å². The van der Waals surface area contributed by atoms with Crippen molar-refractivity contribution in [3.05, 3.63) is 42.5 Å². The van der Waals surface area contributed by atoms with Gasteiger partial charge >= 0.3 is 0 Å². The molecule has 0 aliphatic carbocycles. The predicted molar refractivity (Wildman–Crippen MR) is 75.0 cm³/mol. The Morgan fingerprint density at radius 2 is 2.21 bits per heavy atom. The number of hydrogen-bond donors (Lipinski definition) is 1. The highest BCUT2D eigenvalue weighted by Crippen LogP contribution is 2.25. The number of ether oxygens (including phenoxy) is 1. The van der Waals surface area contributed by atoms with Crippen molar-refractivity contribution in [2.45, 2.75) is 19.3 Å². The van der Waals surface area contributed by atoms with E-state index in [4.69, 9.17) is 4.74 Å². The Morgan fingerprint density at radius 1 is 1.37 bits per heavy atom. The van der Waals surface area contributed by atoms with Gasteiger partial charge in [0.1, 0.15) is 5.75 Å². The predicted octanol–water partition coefficient (Wildman–Crippen LogP) is 2.35. The van der Waals surface area contributed by atoms with Gasteiger partial charge in [-0.2, -0.15) is 0 Å². The molecule has 19 heavy (non-hydrogen) atoms. The van der Waals surface area contributed by atoms with Gasteiger partial charge in [0, 0.05) is 30.0 Å². The molecule has 4 heteroatoms. The Labute approximate surface area is 113 Å². The largest absolute Gasteiger partial charge is 0.494 e. The molecule has 1 aliphatic rings. The SMILES string of the molecule is CCOc1ccc(-n2cncc2C2CCNC2)cc1. The molecule has 0 amide bonds. The zero-order valence-corrected chi connectivity index (χ0v) is 11.2. The van der Waals surface area contributed by atoms with E-state index in [1.807, 2.05) is 31.6 Å². The zero-order valence-electron chi connectivity index (χ0n) is 11.2. The van der Waals surface area contributed by atoms with Crippen LogP contribution in [0, 0.1) is 0 Å². The van der Waals surface area contributed by atoms with Gasteiger partial charge < -0.3 is 14.6 Å². The van der Waals surface area contributed by atoms with Gasteiger partial charge in [-0.1, -0.05) is 0 Å². The van der Waals surface area contributed by atoms with Gasteiger partial charge in [-0.25, -0.2) is 4.98 Å². The molecular weight excluding hydrogens is 238 g/mol. The standard InChI is InChI=1S/C15H19N3O/c1-2-19-14-5-3-13(4-6-14)18-11-17-10-15(18)12-7-8-16-9-12/h3-6,10-12,16H,2,7-9H2,1H3. The number of imidazole rings is 1. The summed E-state index contributed by atoms with van der Waals surface area (Å²) in [7, 11) is 0. The van der Waals surface area contributed by atoms with E-state index in [1.165, 1.54) is 12.1 Å². The van der Waals surface area contributed by atoms with E-state index in [2.05, 4.69) is 27.0 Å². The van der Waals surface area contributed by atoms with Gasteiger partial charge in [0.25, 0.3) is 0 Å². The Hall–Kier alpha value is -1.81. The molecule has 1 unspecified atom stereocenters. The normalized spacial score (nSPS) is 18.7. The summed E-state index contributed by atoms with van der Waals surface area (Å²) >= 11 is 0. The van der Waals surface area contributed by atoms with Crippen LogP contribution in [0.15, 0.2) is 36.8 Å².